The highest BCUT2D eigenvalue weighted by Gasteiger charge is 2.09. The van der Waals surface area contributed by atoms with Crippen LogP contribution in [0.5, 0.6) is 0 Å². The van der Waals surface area contributed by atoms with Gasteiger partial charge in [-0.3, -0.25) is 4.57 Å². The van der Waals surface area contributed by atoms with Gasteiger partial charge < -0.3 is 5.73 Å². The Bertz CT molecular complexity index is 758. The Morgan fingerprint density at radius 2 is 2.00 bits per heavy atom. The van der Waals surface area contributed by atoms with E-state index in [-0.39, 0.29) is 6.04 Å². The fourth-order valence-electron chi connectivity index (χ4n) is 2.64. The molecule has 0 aliphatic heterocycles. The van der Waals surface area contributed by atoms with Crippen molar-refractivity contribution >= 4 is 11.0 Å². The van der Waals surface area contributed by atoms with E-state index in [4.69, 9.17) is 5.73 Å². The fraction of sp³-hybridized carbons (Fsp3) is 0.278. The van der Waals surface area contributed by atoms with Gasteiger partial charge in [-0.2, -0.15) is 0 Å². The van der Waals surface area contributed by atoms with E-state index in [1.807, 2.05) is 24.5 Å². The molecular formula is C18H21N3. The van der Waals surface area contributed by atoms with E-state index in [0.717, 1.165) is 23.9 Å². The number of hydrogen-bond donors (Lipinski definition) is 1. The second-order valence-electron chi connectivity index (χ2n) is 5.60. The van der Waals surface area contributed by atoms with Crippen molar-refractivity contribution in [3.05, 3.63) is 59.9 Å². The smallest absolute Gasteiger partial charge is 0.100 e. The molecule has 1 aromatic heterocycles. The third-order valence-corrected chi connectivity index (χ3v) is 4.01. The summed E-state index contributed by atoms with van der Waals surface area (Å²) in [5, 5.41) is 0. The van der Waals surface area contributed by atoms with Crippen LogP contribution in [0.1, 0.15) is 24.5 Å². The first-order valence-corrected chi connectivity index (χ1v) is 7.46. The molecule has 0 spiro atoms. The van der Waals surface area contributed by atoms with Gasteiger partial charge in [-0.1, -0.05) is 31.2 Å². The molecule has 1 heterocycles. The van der Waals surface area contributed by atoms with Crippen LogP contribution < -0.4 is 5.73 Å². The Kier molecular flexibility index (Phi) is 3.76. The molecular weight excluding hydrogens is 258 g/mol. The molecule has 2 N–H and O–H groups in total. The number of rotatable bonds is 4. The maximum absolute atomic E-state index is 6.08. The highest BCUT2D eigenvalue weighted by Crippen LogP contribution is 2.22. The van der Waals surface area contributed by atoms with Gasteiger partial charge in [-0.25, -0.2) is 4.98 Å². The summed E-state index contributed by atoms with van der Waals surface area (Å²) in [6.07, 6.45) is 3.81. The van der Waals surface area contributed by atoms with Crippen LogP contribution in [0.25, 0.3) is 16.7 Å². The lowest BCUT2D eigenvalue weighted by molar-refractivity contribution is 0.646. The van der Waals surface area contributed by atoms with Crippen molar-refractivity contribution < 1.29 is 0 Å². The third-order valence-electron chi connectivity index (χ3n) is 4.01. The minimum absolute atomic E-state index is 0.222. The summed E-state index contributed by atoms with van der Waals surface area (Å²) < 4.78 is 2.16. The number of nitrogens with two attached hydrogens (primary N) is 1. The van der Waals surface area contributed by atoms with Gasteiger partial charge in [0.25, 0.3) is 0 Å². The van der Waals surface area contributed by atoms with E-state index in [9.17, 15) is 0 Å². The zero-order valence-corrected chi connectivity index (χ0v) is 12.6. The number of para-hydroxylation sites is 2. The van der Waals surface area contributed by atoms with Crippen molar-refractivity contribution in [2.45, 2.75) is 32.7 Å². The topological polar surface area (TPSA) is 43.8 Å². The molecule has 0 amide bonds. The van der Waals surface area contributed by atoms with Gasteiger partial charge >= 0.3 is 0 Å². The number of hydrogen-bond acceptors (Lipinski definition) is 2. The van der Waals surface area contributed by atoms with E-state index in [0.29, 0.717) is 0 Å². The molecule has 21 heavy (non-hydrogen) atoms. The summed E-state index contributed by atoms with van der Waals surface area (Å²) in [5.41, 5.74) is 11.9. The maximum Gasteiger partial charge on any atom is 0.100 e. The molecule has 1 unspecified atom stereocenters. The first-order valence-electron chi connectivity index (χ1n) is 7.46. The Morgan fingerprint density at radius 3 is 2.81 bits per heavy atom. The van der Waals surface area contributed by atoms with Crippen LogP contribution in [-0.2, 0) is 6.42 Å². The number of nitrogens with zero attached hydrogens (tertiary/aromatic N) is 2. The predicted molar refractivity (Wildman–Crippen MR) is 87.8 cm³/mol. The third kappa shape index (κ3) is 2.69. The van der Waals surface area contributed by atoms with Crippen LogP contribution >= 0.6 is 0 Å². The van der Waals surface area contributed by atoms with Gasteiger partial charge in [-0.05, 0) is 49.1 Å². The van der Waals surface area contributed by atoms with Crippen molar-refractivity contribution in [1.82, 2.24) is 9.55 Å². The molecule has 3 heteroatoms. The van der Waals surface area contributed by atoms with Crippen LogP contribution in [0.3, 0.4) is 0 Å². The maximum atomic E-state index is 6.08. The molecule has 3 nitrogen and oxygen atoms in total. The number of fused-ring (bicyclic) bond motifs is 1. The minimum Gasteiger partial charge on any atom is -0.327 e. The van der Waals surface area contributed by atoms with Gasteiger partial charge in [0.2, 0.25) is 0 Å². The van der Waals surface area contributed by atoms with Crippen molar-refractivity contribution in [3.8, 4) is 5.69 Å². The second-order valence-corrected chi connectivity index (χ2v) is 5.60. The summed E-state index contributed by atoms with van der Waals surface area (Å²) >= 11 is 0. The minimum atomic E-state index is 0.222. The van der Waals surface area contributed by atoms with E-state index in [1.165, 1.54) is 16.8 Å². The summed E-state index contributed by atoms with van der Waals surface area (Å²) in [6.45, 7) is 4.26. The van der Waals surface area contributed by atoms with Crippen LogP contribution in [0.4, 0.5) is 0 Å². The molecule has 0 aliphatic rings. The molecule has 1 atom stereocenters. The molecule has 3 aromatic rings. The van der Waals surface area contributed by atoms with Crippen molar-refractivity contribution in [3.63, 3.8) is 0 Å². The number of aromatic nitrogens is 2. The molecule has 0 fully saturated rings. The standard InChI is InChI=1S/C18H21N3/c1-3-15(19)10-14-9-8-13(2)18(11-14)21-12-20-16-6-4-5-7-17(16)21/h4-9,11-12,15H,3,10,19H2,1-2H3. The molecule has 0 radical (unpaired) electrons. The highest BCUT2D eigenvalue weighted by atomic mass is 15.0. The molecule has 0 saturated carbocycles. The quantitative estimate of drug-likeness (QED) is 0.792. The SMILES string of the molecule is CCC(N)Cc1ccc(C)c(-n2cnc3ccccc32)c1. The lowest BCUT2D eigenvalue weighted by atomic mass is 10.0. The second kappa shape index (κ2) is 5.70. The zero-order valence-electron chi connectivity index (χ0n) is 12.6. The molecule has 0 bridgehead atoms. The Hall–Kier alpha value is -2.13. The van der Waals surface area contributed by atoms with E-state index in [2.05, 4.69) is 47.7 Å². The molecule has 3 rings (SSSR count). The summed E-state index contributed by atoms with van der Waals surface area (Å²) in [6, 6.07) is 15.0. The normalized spacial score (nSPS) is 12.7. The Labute approximate surface area is 125 Å². The average Bonchev–Trinajstić information content (AvgIpc) is 2.93. The average molecular weight is 279 g/mol. The number of aryl methyl sites for hydroxylation is 1. The predicted octanol–water partition coefficient (Wildman–Crippen LogP) is 3.61. The van der Waals surface area contributed by atoms with Crippen molar-refractivity contribution in [2.75, 3.05) is 0 Å². The van der Waals surface area contributed by atoms with Gasteiger partial charge in [0.1, 0.15) is 6.33 Å². The lowest BCUT2D eigenvalue weighted by Crippen LogP contribution is -2.21. The van der Waals surface area contributed by atoms with E-state index < -0.39 is 0 Å². The van der Waals surface area contributed by atoms with Crippen molar-refractivity contribution in [1.29, 1.82) is 0 Å². The number of imidazole rings is 1. The van der Waals surface area contributed by atoms with Gasteiger partial charge in [0.05, 0.1) is 16.7 Å². The Morgan fingerprint density at radius 1 is 1.19 bits per heavy atom. The molecule has 2 aromatic carbocycles. The highest BCUT2D eigenvalue weighted by molar-refractivity contribution is 5.77. The molecule has 0 aliphatic carbocycles. The lowest BCUT2D eigenvalue weighted by Gasteiger charge is -2.13. The Balaban J connectivity index is 2.07. The van der Waals surface area contributed by atoms with Crippen LogP contribution in [-0.4, -0.2) is 15.6 Å². The summed E-state index contributed by atoms with van der Waals surface area (Å²) in [5.74, 6) is 0. The van der Waals surface area contributed by atoms with Crippen molar-refractivity contribution in [2.24, 2.45) is 5.73 Å². The van der Waals surface area contributed by atoms with Gasteiger partial charge in [0, 0.05) is 6.04 Å². The summed E-state index contributed by atoms with van der Waals surface area (Å²) in [7, 11) is 0. The van der Waals surface area contributed by atoms with Crippen LogP contribution in [0.2, 0.25) is 0 Å². The van der Waals surface area contributed by atoms with E-state index in [1.54, 1.807) is 0 Å². The van der Waals surface area contributed by atoms with Crippen LogP contribution in [0.15, 0.2) is 48.8 Å². The largest absolute Gasteiger partial charge is 0.327 e. The van der Waals surface area contributed by atoms with Crippen LogP contribution in [0, 0.1) is 6.92 Å². The van der Waals surface area contributed by atoms with Gasteiger partial charge in [0.15, 0.2) is 0 Å². The van der Waals surface area contributed by atoms with E-state index >= 15 is 0 Å². The monoisotopic (exact) mass is 279 g/mol. The summed E-state index contributed by atoms with van der Waals surface area (Å²) in [4.78, 5) is 4.48. The zero-order chi connectivity index (χ0) is 14.8. The first-order chi connectivity index (χ1) is 10.2. The molecule has 108 valence electrons. The molecule has 0 saturated heterocycles. The van der Waals surface area contributed by atoms with Gasteiger partial charge in [-0.15, -0.1) is 0 Å². The fourth-order valence-corrected chi connectivity index (χ4v) is 2.64. The first kappa shape index (κ1) is 13.8. The number of benzene rings is 2.